The fourth-order valence-electron chi connectivity index (χ4n) is 1.59. The van der Waals surface area contributed by atoms with E-state index in [-0.39, 0.29) is 11.2 Å². The normalized spacial score (nSPS) is 12.6. The smallest absolute Gasteiger partial charge is 0.239 e. The summed E-state index contributed by atoms with van der Waals surface area (Å²) < 4.78 is 4.98. The number of aryl methyl sites for hydroxylation is 1. The lowest BCUT2D eigenvalue weighted by atomic mass is 10.2. The average molecular weight is 325 g/mol. The zero-order chi connectivity index (χ0) is 15.4. The molecule has 21 heavy (non-hydrogen) atoms. The maximum Gasteiger partial charge on any atom is 0.239 e. The van der Waals surface area contributed by atoms with Crippen LogP contribution in [-0.2, 0) is 10.5 Å². The average Bonchev–Trinajstić information content (AvgIpc) is 3.05. The summed E-state index contributed by atoms with van der Waals surface area (Å²) in [6.45, 7) is 7.95. The fourth-order valence-corrected chi connectivity index (χ4v) is 3.31. The lowest BCUT2D eigenvalue weighted by molar-refractivity contribution is -0.115. The molecule has 0 bridgehead atoms. The highest BCUT2D eigenvalue weighted by Gasteiger charge is 2.16. The molecule has 2 aromatic rings. The van der Waals surface area contributed by atoms with E-state index in [0.717, 1.165) is 22.1 Å². The maximum atomic E-state index is 12.0. The van der Waals surface area contributed by atoms with E-state index in [0.29, 0.717) is 11.8 Å². The Labute approximate surface area is 132 Å². The molecule has 0 fully saturated rings. The van der Waals surface area contributed by atoms with Crippen LogP contribution in [0.5, 0.6) is 0 Å². The second kappa shape index (κ2) is 7.09. The first-order valence-electron chi connectivity index (χ1n) is 6.75. The van der Waals surface area contributed by atoms with E-state index in [9.17, 15) is 4.79 Å². The summed E-state index contributed by atoms with van der Waals surface area (Å²) in [5.41, 5.74) is 1.78. The monoisotopic (exact) mass is 325 g/mol. The summed E-state index contributed by atoms with van der Waals surface area (Å²) in [5.74, 6) is 1.48. The van der Waals surface area contributed by atoms with Gasteiger partial charge in [0.15, 0.2) is 0 Å². The van der Waals surface area contributed by atoms with Gasteiger partial charge < -0.3 is 4.52 Å². The van der Waals surface area contributed by atoms with Crippen LogP contribution in [0.3, 0.4) is 0 Å². The standard InChI is InChI=1S/C14H19N3O2S2/c1-8(2)14-15-11(7-21-14)6-20-10(4)13(18)16-12-5-9(3)17-19-12/h5,7-8,10H,6H2,1-4H3,(H,16,18)/t10-/m1/s1. The minimum Gasteiger partial charge on any atom is -0.338 e. The third-order valence-corrected chi connectivity index (χ3v) is 5.16. The third-order valence-electron chi connectivity index (χ3n) is 2.79. The first kappa shape index (κ1) is 16.0. The van der Waals surface area contributed by atoms with E-state index >= 15 is 0 Å². The minimum atomic E-state index is -0.181. The van der Waals surface area contributed by atoms with E-state index in [1.54, 1.807) is 29.2 Å². The maximum absolute atomic E-state index is 12.0. The quantitative estimate of drug-likeness (QED) is 0.874. The van der Waals surface area contributed by atoms with Gasteiger partial charge in [-0.15, -0.1) is 23.1 Å². The Kier molecular flexibility index (Phi) is 5.41. The number of anilines is 1. The van der Waals surface area contributed by atoms with Gasteiger partial charge in [-0.25, -0.2) is 4.98 Å². The highest BCUT2D eigenvalue weighted by molar-refractivity contribution is 7.99. The molecule has 0 radical (unpaired) electrons. The third kappa shape index (κ3) is 4.57. The number of thioether (sulfide) groups is 1. The van der Waals surface area contributed by atoms with Crippen LogP contribution in [-0.4, -0.2) is 21.3 Å². The van der Waals surface area contributed by atoms with Crippen molar-refractivity contribution in [2.75, 3.05) is 5.32 Å². The summed E-state index contributed by atoms with van der Waals surface area (Å²) in [7, 11) is 0. The molecule has 0 spiro atoms. The number of rotatable bonds is 6. The second-order valence-electron chi connectivity index (χ2n) is 5.11. The van der Waals surface area contributed by atoms with Crippen molar-refractivity contribution >= 4 is 34.9 Å². The van der Waals surface area contributed by atoms with Crippen molar-refractivity contribution in [2.24, 2.45) is 0 Å². The number of amides is 1. The topological polar surface area (TPSA) is 68.0 Å². The minimum absolute atomic E-state index is 0.0875. The molecule has 1 amide bonds. The number of nitrogens with one attached hydrogen (secondary N) is 1. The van der Waals surface area contributed by atoms with Crippen LogP contribution in [0.1, 0.15) is 43.1 Å². The summed E-state index contributed by atoms with van der Waals surface area (Å²) in [6.07, 6.45) is 0. The number of nitrogens with zero attached hydrogens (tertiary/aromatic N) is 2. The highest BCUT2D eigenvalue weighted by atomic mass is 32.2. The van der Waals surface area contributed by atoms with Gasteiger partial charge in [-0.1, -0.05) is 19.0 Å². The summed E-state index contributed by atoms with van der Waals surface area (Å²) in [6, 6.07) is 1.70. The number of aromatic nitrogens is 2. The largest absolute Gasteiger partial charge is 0.338 e. The molecule has 1 N–H and O–H groups in total. The van der Waals surface area contributed by atoms with Crippen LogP contribution in [0.25, 0.3) is 0 Å². The van der Waals surface area contributed by atoms with E-state index in [1.165, 1.54) is 0 Å². The van der Waals surface area contributed by atoms with E-state index < -0.39 is 0 Å². The van der Waals surface area contributed by atoms with Crippen molar-refractivity contribution in [2.45, 2.75) is 44.6 Å². The van der Waals surface area contributed by atoms with Crippen LogP contribution >= 0.6 is 23.1 Å². The summed E-state index contributed by atoms with van der Waals surface area (Å²) in [4.78, 5) is 16.6. The van der Waals surface area contributed by atoms with E-state index in [2.05, 4.69) is 34.7 Å². The van der Waals surface area contributed by atoms with Crippen molar-refractivity contribution in [1.82, 2.24) is 10.1 Å². The second-order valence-corrected chi connectivity index (χ2v) is 7.33. The van der Waals surface area contributed by atoms with Crippen molar-refractivity contribution in [1.29, 1.82) is 0 Å². The Morgan fingerprint density at radius 3 is 2.81 bits per heavy atom. The number of thiazole rings is 1. The Morgan fingerprint density at radius 1 is 1.48 bits per heavy atom. The van der Waals surface area contributed by atoms with Gasteiger partial charge in [0.05, 0.1) is 21.6 Å². The van der Waals surface area contributed by atoms with Gasteiger partial charge in [-0.3, -0.25) is 10.1 Å². The van der Waals surface area contributed by atoms with E-state index in [4.69, 9.17) is 4.52 Å². The van der Waals surface area contributed by atoms with Gasteiger partial charge >= 0.3 is 0 Å². The molecular weight excluding hydrogens is 306 g/mol. The molecule has 7 heteroatoms. The molecule has 2 heterocycles. The van der Waals surface area contributed by atoms with Gasteiger partial charge in [0.1, 0.15) is 0 Å². The molecule has 0 saturated heterocycles. The molecule has 0 aliphatic carbocycles. The molecule has 0 unspecified atom stereocenters. The van der Waals surface area contributed by atoms with Crippen LogP contribution < -0.4 is 5.32 Å². The number of hydrogen-bond donors (Lipinski definition) is 1. The lowest BCUT2D eigenvalue weighted by Gasteiger charge is -2.09. The number of carbonyl (C=O) groups excluding carboxylic acids is 1. The highest BCUT2D eigenvalue weighted by Crippen LogP contribution is 2.24. The molecule has 114 valence electrons. The Hall–Kier alpha value is -1.34. The zero-order valence-corrected chi connectivity index (χ0v) is 14.2. The zero-order valence-electron chi connectivity index (χ0n) is 12.5. The van der Waals surface area contributed by atoms with Crippen LogP contribution in [0.4, 0.5) is 5.88 Å². The van der Waals surface area contributed by atoms with Crippen molar-refractivity contribution in [3.8, 4) is 0 Å². The first-order chi connectivity index (χ1) is 9.95. The first-order valence-corrected chi connectivity index (χ1v) is 8.68. The molecule has 0 aliphatic rings. The van der Waals surface area contributed by atoms with Gasteiger partial charge in [-0.05, 0) is 13.8 Å². The van der Waals surface area contributed by atoms with Crippen LogP contribution in [0.15, 0.2) is 16.0 Å². The van der Waals surface area contributed by atoms with Crippen molar-refractivity contribution in [3.63, 3.8) is 0 Å². The Morgan fingerprint density at radius 2 is 2.24 bits per heavy atom. The Bertz CT molecular complexity index is 607. The molecule has 0 saturated carbocycles. The Balaban J connectivity index is 1.83. The molecular formula is C14H19N3O2S2. The van der Waals surface area contributed by atoms with Gasteiger partial charge in [-0.2, -0.15) is 0 Å². The fraction of sp³-hybridized carbons (Fsp3) is 0.500. The lowest BCUT2D eigenvalue weighted by Crippen LogP contribution is -2.22. The van der Waals surface area contributed by atoms with Crippen LogP contribution in [0, 0.1) is 6.92 Å². The summed E-state index contributed by atoms with van der Waals surface area (Å²) in [5, 5.41) is 9.47. The van der Waals surface area contributed by atoms with E-state index in [1.807, 2.05) is 13.8 Å². The predicted octanol–water partition coefficient (Wildman–Crippen LogP) is 3.82. The van der Waals surface area contributed by atoms with Gasteiger partial charge in [0.2, 0.25) is 11.8 Å². The molecule has 2 aromatic heterocycles. The molecule has 5 nitrogen and oxygen atoms in total. The van der Waals surface area contributed by atoms with Crippen molar-refractivity contribution < 1.29 is 9.32 Å². The van der Waals surface area contributed by atoms with Gasteiger partial charge in [0.25, 0.3) is 0 Å². The molecule has 1 atom stereocenters. The molecule has 0 aliphatic heterocycles. The van der Waals surface area contributed by atoms with Crippen molar-refractivity contribution in [3.05, 3.63) is 27.8 Å². The number of hydrogen-bond acceptors (Lipinski definition) is 6. The predicted molar refractivity (Wildman–Crippen MR) is 86.8 cm³/mol. The molecule has 0 aromatic carbocycles. The van der Waals surface area contributed by atoms with Crippen LogP contribution in [0.2, 0.25) is 0 Å². The molecule has 2 rings (SSSR count). The van der Waals surface area contributed by atoms with Gasteiger partial charge in [0, 0.05) is 23.1 Å². The SMILES string of the molecule is Cc1cc(NC(=O)[C@@H](C)SCc2csc(C(C)C)n2)on1. The number of carbonyl (C=O) groups is 1. The summed E-state index contributed by atoms with van der Waals surface area (Å²) >= 11 is 3.23.